The van der Waals surface area contributed by atoms with Gasteiger partial charge in [0, 0.05) is 19.0 Å². The van der Waals surface area contributed by atoms with Crippen LogP contribution in [0.2, 0.25) is 0 Å². The van der Waals surface area contributed by atoms with E-state index in [1.54, 1.807) is 0 Å². The zero-order chi connectivity index (χ0) is 10.1. The molecule has 2 fully saturated rings. The highest BCUT2D eigenvalue weighted by atomic mass is 16.1. The topological polar surface area (TPSA) is 20.3 Å². The van der Waals surface area contributed by atoms with E-state index in [4.69, 9.17) is 0 Å². The van der Waals surface area contributed by atoms with Gasteiger partial charge in [-0.2, -0.15) is 0 Å². The molecule has 2 rings (SSSR count). The summed E-state index contributed by atoms with van der Waals surface area (Å²) in [5.74, 6) is 2.16. The fraction of sp³-hybridized carbons (Fsp3) is 0.917. The van der Waals surface area contributed by atoms with E-state index >= 15 is 0 Å². The minimum Gasteiger partial charge on any atom is -0.298 e. The first-order valence-electron chi connectivity index (χ1n) is 5.92. The van der Waals surface area contributed by atoms with E-state index in [1.165, 1.54) is 19.3 Å². The molecule has 0 radical (unpaired) electrons. The second-order valence-corrected chi connectivity index (χ2v) is 5.18. The van der Waals surface area contributed by atoms with E-state index in [0.717, 1.165) is 31.3 Å². The lowest BCUT2D eigenvalue weighted by molar-refractivity contribution is -0.117. The third kappa shape index (κ3) is 2.00. The summed E-state index contributed by atoms with van der Waals surface area (Å²) in [6.07, 6.45) is 4.74. The highest BCUT2D eigenvalue weighted by molar-refractivity contribution is 5.82. The van der Waals surface area contributed by atoms with Gasteiger partial charge in [0.05, 0.1) is 6.54 Å². The van der Waals surface area contributed by atoms with Crippen molar-refractivity contribution in [1.82, 2.24) is 4.90 Å². The molecule has 1 saturated heterocycles. The van der Waals surface area contributed by atoms with Gasteiger partial charge in [-0.3, -0.25) is 9.69 Å². The molecule has 2 heteroatoms. The molecule has 0 spiro atoms. The molecule has 0 amide bonds. The van der Waals surface area contributed by atoms with Gasteiger partial charge < -0.3 is 0 Å². The van der Waals surface area contributed by atoms with E-state index in [-0.39, 0.29) is 0 Å². The molecule has 1 aliphatic heterocycles. The first kappa shape index (κ1) is 10.2. The van der Waals surface area contributed by atoms with Gasteiger partial charge in [-0.15, -0.1) is 0 Å². The van der Waals surface area contributed by atoms with Crippen LogP contribution in [0.25, 0.3) is 0 Å². The van der Waals surface area contributed by atoms with Crippen LogP contribution in [-0.4, -0.2) is 29.8 Å². The summed E-state index contributed by atoms with van der Waals surface area (Å²) >= 11 is 0. The molecular weight excluding hydrogens is 174 g/mol. The fourth-order valence-corrected chi connectivity index (χ4v) is 2.82. The number of Topliss-reactive ketones (excluding diaryl/α,β-unsaturated/α-hetero) is 1. The monoisotopic (exact) mass is 195 g/mol. The van der Waals surface area contributed by atoms with Crippen LogP contribution < -0.4 is 0 Å². The molecule has 0 aromatic carbocycles. The van der Waals surface area contributed by atoms with Gasteiger partial charge in [0.1, 0.15) is 5.78 Å². The number of rotatable bonds is 1. The van der Waals surface area contributed by atoms with Crippen LogP contribution in [0.15, 0.2) is 0 Å². The van der Waals surface area contributed by atoms with Crippen molar-refractivity contribution < 1.29 is 4.79 Å². The number of carbonyl (C=O) groups excluding carboxylic acids is 1. The van der Waals surface area contributed by atoms with Crippen molar-refractivity contribution in [3.63, 3.8) is 0 Å². The largest absolute Gasteiger partial charge is 0.298 e. The molecule has 1 aliphatic carbocycles. The Morgan fingerprint density at radius 3 is 2.57 bits per heavy atom. The maximum absolute atomic E-state index is 11.2. The molecule has 14 heavy (non-hydrogen) atoms. The fourth-order valence-electron chi connectivity index (χ4n) is 2.82. The summed E-state index contributed by atoms with van der Waals surface area (Å²) in [6.45, 7) is 6.46. The highest BCUT2D eigenvalue weighted by Gasteiger charge is 2.31. The average Bonchev–Trinajstić information content (AvgIpc) is 2.57. The summed E-state index contributed by atoms with van der Waals surface area (Å²) in [6, 6.07) is 0.702. The average molecular weight is 195 g/mol. The molecule has 2 nitrogen and oxygen atoms in total. The van der Waals surface area contributed by atoms with Crippen LogP contribution in [0.4, 0.5) is 0 Å². The quantitative estimate of drug-likeness (QED) is 0.638. The molecule has 0 aromatic heterocycles. The van der Waals surface area contributed by atoms with Crippen molar-refractivity contribution in [3.8, 4) is 0 Å². The first-order chi connectivity index (χ1) is 6.66. The number of hydrogen-bond acceptors (Lipinski definition) is 2. The Kier molecular flexibility index (Phi) is 2.91. The zero-order valence-electron chi connectivity index (χ0n) is 9.33. The summed E-state index contributed by atoms with van der Waals surface area (Å²) in [5.41, 5.74) is 0. The van der Waals surface area contributed by atoms with E-state index < -0.39 is 0 Å². The Morgan fingerprint density at radius 2 is 2.00 bits per heavy atom. The molecule has 0 bridgehead atoms. The van der Waals surface area contributed by atoms with Gasteiger partial charge in [0.2, 0.25) is 0 Å². The molecule has 3 unspecified atom stereocenters. The van der Waals surface area contributed by atoms with E-state index in [2.05, 4.69) is 18.7 Å². The summed E-state index contributed by atoms with van der Waals surface area (Å²) < 4.78 is 0. The van der Waals surface area contributed by atoms with Crippen LogP contribution in [0, 0.1) is 11.8 Å². The van der Waals surface area contributed by atoms with Crippen LogP contribution in [0.3, 0.4) is 0 Å². The molecule has 3 atom stereocenters. The Balaban J connectivity index is 1.90. The first-order valence-corrected chi connectivity index (χ1v) is 5.92. The summed E-state index contributed by atoms with van der Waals surface area (Å²) in [5, 5.41) is 0. The Labute approximate surface area is 86.7 Å². The molecule has 0 N–H and O–H groups in total. The third-order valence-corrected chi connectivity index (χ3v) is 4.14. The van der Waals surface area contributed by atoms with E-state index in [1.807, 2.05) is 0 Å². The van der Waals surface area contributed by atoms with Crippen molar-refractivity contribution in [2.45, 2.75) is 45.6 Å². The van der Waals surface area contributed by atoms with Gasteiger partial charge >= 0.3 is 0 Å². The van der Waals surface area contributed by atoms with Gasteiger partial charge in [-0.25, -0.2) is 0 Å². The maximum atomic E-state index is 11.2. The smallest absolute Gasteiger partial charge is 0.148 e. The van der Waals surface area contributed by atoms with Crippen molar-refractivity contribution in [2.24, 2.45) is 11.8 Å². The molecule has 0 aromatic rings. The lowest BCUT2D eigenvalue weighted by atomic mass is 9.78. The Hall–Kier alpha value is -0.370. The predicted molar refractivity (Wildman–Crippen MR) is 57.2 cm³/mol. The van der Waals surface area contributed by atoms with E-state index in [9.17, 15) is 4.79 Å². The van der Waals surface area contributed by atoms with Gasteiger partial charge in [0.25, 0.3) is 0 Å². The second kappa shape index (κ2) is 4.01. The highest BCUT2D eigenvalue weighted by Crippen LogP contribution is 2.32. The van der Waals surface area contributed by atoms with Crippen LogP contribution in [-0.2, 0) is 4.79 Å². The standard InChI is InChI=1S/C12H21NO/c1-9-3-4-11(7-10(9)2)13-6-5-12(14)8-13/h9-11H,3-8H2,1-2H3. The van der Waals surface area contributed by atoms with Crippen LogP contribution in [0.5, 0.6) is 0 Å². The second-order valence-electron chi connectivity index (χ2n) is 5.18. The molecular formula is C12H21NO. The number of likely N-dealkylation sites (tertiary alicyclic amines) is 1. The predicted octanol–water partition coefficient (Wildman–Crippen LogP) is 2.09. The maximum Gasteiger partial charge on any atom is 0.148 e. The lowest BCUT2D eigenvalue weighted by Crippen LogP contribution is -2.38. The molecule has 1 saturated carbocycles. The van der Waals surface area contributed by atoms with E-state index in [0.29, 0.717) is 11.8 Å². The number of ketones is 1. The number of nitrogens with zero attached hydrogens (tertiary/aromatic N) is 1. The van der Waals surface area contributed by atoms with Crippen molar-refractivity contribution in [2.75, 3.05) is 13.1 Å². The minimum absolute atomic E-state index is 0.441. The third-order valence-electron chi connectivity index (χ3n) is 4.14. The van der Waals surface area contributed by atoms with Crippen LogP contribution in [0.1, 0.15) is 39.5 Å². The van der Waals surface area contributed by atoms with Gasteiger partial charge in [-0.05, 0) is 31.1 Å². The molecule has 1 heterocycles. The number of carbonyl (C=O) groups is 1. The Bertz CT molecular complexity index is 226. The SMILES string of the molecule is CC1CCC(N2CCC(=O)C2)CC1C. The minimum atomic E-state index is 0.441. The number of hydrogen-bond donors (Lipinski definition) is 0. The van der Waals surface area contributed by atoms with Crippen molar-refractivity contribution in [3.05, 3.63) is 0 Å². The summed E-state index contributed by atoms with van der Waals surface area (Å²) in [4.78, 5) is 13.6. The van der Waals surface area contributed by atoms with Crippen LogP contribution >= 0.6 is 0 Å². The zero-order valence-corrected chi connectivity index (χ0v) is 9.33. The lowest BCUT2D eigenvalue weighted by Gasteiger charge is -2.36. The van der Waals surface area contributed by atoms with Gasteiger partial charge in [0.15, 0.2) is 0 Å². The molecule has 2 aliphatic rings. The summed E-state index contributed by atoms with van der Waals surface area (Å²) in [7, 11) is 0. The molecule has 80 valence electrons. The van der Waals surface area contributed by atoms with Crippen molar-refractivity contribution in [1.29, 1.82) is 0 Å². The van der Waals surface area contributed by atoms with Gasteiger partial charge in [-0.1, -0.05) is 13.8 Å². The van der Waals surface area contributed by atoms with Crippen molar-refractivity contribution >= 4 is 5.78 Å². The Morgan fingerprint density at radius 1 is 1.21 bits per heavy atom. The normalized spacial score (nSPS) is 40.4.